The van der Waals surface area contributed by atoms with E-state index in [9.17, 15) is 9.59 Å². The van der Waals surface area contributed by atoms with E-state index in [0.717, 1.165) is 24.4 Å². The number of unbranched alkanes of at least 4 members (excludes halogenated alkanes) is 1. The van der Waals surface area contributed by atoms with Gasteiger partial charge in [0.05, 0.1) is 0 Å². The molecule has 0 aliphatic heterocycles. The van der Waals surface area contributed by atoms with Gasteiger partial charge in [0, 0.05) is 0 Å². The van der Waals surface area contributed by atoms with Crippen LogP contribution in [0.5, 0.6) is 5.75 Å². The Hall–Kier alpha value is -2.02. The number of aryl methyl sites for hydroxylation is 1. The number of benzene rings is 1. The third kappa shape index (κ3) is 6.23. The molecule has 20 heavy (non-hydrogen) atoms. The first-order valence-electron chi connectivity index (χ1n) is 6.26. The number of carbonyl (C=O) groups excluding carboxylic acids is 2. The van der Waals surface area contributed by atoms with Crippen molar-refractivity contribution in [1.82, 2.24) is 0 Å². The zero-order chi connectivity index (χ0) is 14.8. The van der Waals surface area contributed by atoms with Crippen molar-refractivity contribution in [3.63, 3.8) is 0 Å². The van der Waals surface area contributed by atoms with E-state index in [4.69, 9.17) is 9.16 Å². The molecule has 0 atom stereocenters. The van der Waals surface area contributed by atoms with Crippen molar-refractivity contribution in [1.29, 1.82) is 0 Å². The van der Waals surface area contributed by atoms with Gasteiger partial charge in [-0.2, -0.15) is 0 Å². The lowest BCUT2D eigenvalue weighted by Crippen LogP contribution is -2.06. The average Bonchev–Trinajstić information content (AvgIpc) is 2.44. The number of nitrogens with zero attached hydrogens (tertiary/aromatic N) is 2. The van der Waals surface area contributed by atoms with Crippen LogP contribution in [0.1, 0.15) is 25.3 Å². The molecule has 0 fully saturated rings. The highest BCUT2D eigenvalue weighted by Crippen LogP contribution is 2.16. The van der Waals surface area contributed by atoms with E-state index in [2.05, 4.69) is 10.2 Å². The number of hydrogen-bond acceptors (Lipinski definition) is 4. The summed E-state index contributed by atoms with van der Waals surface area (Å²) in [4.78, 5) is 22.5. The fraction of sp³-hybridized carbons (Fsp3) is 0.385. The molecular weight excluding hydrogens is 276 g/mol. The highest BCUT2D eigenvalue weighted by Gasteiger charge is 2.07. The Morgan fingerprint density at radius 1 is 1.20 bits per heavy atom. The monoisotopic (exact) mass is 292 g/mol. The summed E-state index contributed by atoms with van der Waals surface area (Å²) in [6, 6.07) is 7.78. The molecule has 0 unspecified atom stereocenters. The van der Waals surface area contributed by atoms with Gasteiger partial charge in [0.2, 0.25) is 0 Å². The molecular formula is C13H16N2O4Si. The van der Waals surface area contributed by atoms with Crippen LogP contribution in [0.25, 0.3) is 0 Å². The molecule has 0 bridgehead atoms. The molecule has 106 valence electrons. The summed E-state index contributed by atoms with van der Waals surface area (Å²) in [6.45, 7) is 3.84. The fourth-order valence-electron chi connectivity index (χ4n) is 1.25. The second-order valence-electron chi connectivity index (χ2n) is 3.95. The van der Waals surface area contributed by atoms with Gasteiger partial charge in [0.1, 0.15) is 5.75 Å². The Morgan fingerprint density at radius 3 is 2.60 bits per heavy atom. The molecule has 0 spiro atoms. The molecule has 0 N–H and O–H groups in total. The normalized spacial score (nSPS) is 10.5. The molecule has 1 aromatic carbocycles. The maximum atomic E-state index is 11.4. The molecule has 1 rings (SSSR count). The first kappa shape index (κ1) is 16.0. The van der Waals surface area contributed by atoms with Crippen LogP contribution in [0, 0.1) is 6.92 Å². The molecule has 7 heteroatoms. The summed E-state index contributed by atoms with van der Waals surface area (Å²) in [5.41, 5.74) is 0.791. The lowest BCUT2D eigenvalue weighted by atomic mass is 10.2. The van der Waals surface area contributed by atoms with Crippen LogP contribution in [0.15, 0.2) is 34.5 Å². The van der Waals surface area contributed by atoms with Crippen molar-refractivity contribution < 1.29 is 18.8 Å². The summed E-state index contributed by atoms with van der Waals surface area (Å²) in [6.07, 6.45) is 0.196. The van der Waals surface area contributed by atoms with Crippen LogP contribution in [0.2, 0.25) is 6.04 Å². The Balaban J connectivity index is 2.36. The van der Waals surface area contributed by atoms with Gasteiger partial charge in [-0.1, -0.05) is 48.2 Å². The minimum atomic E-state index is -0.951. The maximum Gasteiger partial charge on any atom is 0.458 e. The van der Waals surface area contributed by atoms with Crippen molar-refractivity contribution in [3.05, 3.63) is 29.8 Å². The van der Waals surface area contributed by atoms with E-state index in [1.54, 1.807) is 25.1 Å². The number of carbonyl (C=O) groups is 2. The smallest absolute Gasteiger partial charge is 0.458 e. The van der Waals surface area contributed by atoms with E-state index < -0.39 is 12.2 Å². The van der Waals surface area contributed by atoms with Crippen molar-refractivity contribution in [2.45, 2.75) is 32.7 Å². The number of rotatable bonds is 5. The van der Waals surface area contributed by atoms with E-state index in [1.807, 2.05) is 13.0 Å². The van der Waals surface area contributed by atoms with Crippen molar-refractivity contribution in [2.75, 3.05) is 0 Å². The third-order valence-electron chi connectivity index (χ3n) is 2.30. The van der Waals surface area contributed by atoms with Gasteiger partial charge in [-0.15, -0.1) is 0 Å². The SMILES string of the molecule is CCCC[Si]OC(=O)N=NC(=O)Oc1ccccc1C. The Morgan fingerprint density at radius 2 is 1.90 bits per heavy atom. The molecule has 1 aromatic rings. The second kappa shape index (κ2) is 8.97. The van der Waals surface area contributed by atoms with Gasteiger partial charge < -0.3 is 9.16 Å². The van der Waals surface area contributed by atoms with Gasteiger partial charge in [-0.25, -0.2) is 9.59 Å². The van der Waals surface area contributed by atoms with Gasteiger partial charge >= 0.3 is 21.9 Å². The largest absolute Gasteiger partial charge is 0.498 e. The summed E-state index contributed by atoms with van der Waals surface area (Å²) in [5, 5.41) is 6.30. The number of amides is 2. The van der Waals surface area contributed by atoms with Crippen LogP contribution < -0.4 is 4.74 Å². The van der Waals surface area contributed by atoms with Crippen molar-refractivity contribution >= 4 is 21.9 Å². The molecule has 0 heterocycles. The average molecular weight is 292 g/mol. The molecule has 0 aliphatic carbocycles. The van der Waals surface area contributed by atoms with Gasteiger partial charge in [-0.05, 0) is 24.6 Å². The summed E-state index contributed by atoms with van der Waals surface area (Å²) in [7, 11) is 0.0389. The van der Waals surface area contributed by atoms with Crippen LogP contribution in [-0.4, -0.2) is 21.9 Å². The van der Waals surface area contributed by atoms with E-state index in [1.165, 1.54) is 0 Å². The van der Waals surface area contributed by atoms with Crippen molar-refractivity contribution in [2.24, 2.45) is 10.2 Å². The lowest BCUT2D eigenvalue weighted by molar-refractivity contribution is 0.201. The number of ether oxygens (including phenoxy) is 1. The minimum absolute atomic E-state index is 0.0389. The molecule has 6 nitrogen and oxygen atoms in total. The zero-order valence-corrected chi connectivity index (χ0v) is 12.5. The third-order valence-corrected chi connectivity index (χ3v) is 3.17. The lowest BCUT2D eigenvalue weighted by Gasteiger charge is -2.02. The Kier molecular flexibility index (Phi) is 7.19. The molecule has 2 amide bonds. The number of hydrogen-bond donors (Lipinski definition) is 0. The van der Waals surface area contributed by atoms with E-state index in [0.29, 0.717) is 5.75 Å². The van der Waals surface area contributed by atoms with E-state index >= 15 is 0 Å². The van der Waals surface area contributed by atoms with Gasteiger partial charge in [0.15, 0.2) is 0 Å². The van der Waals surface area contributed by atoms with Crippen LogP contribution in [0.3, 0.4) is 0 Å². The summed E-state index contributed by atoms with van der Waals surface area (Å²) in [5.74, 6) is 0.384. The number of azo groups is 1. The molecule has 0 aromatic heterocycles. The summed E-state index contributed by atoms with van der Waals surface area (Å²) >= 11 is 0. The Labute approximate surface area is 120 Å². The predicted octanol–water partition coefficient (Wildman–Crippen LogP) is 3.92. The minimum Gasteiger partial charge on any atom is -0.498 e. The van der Waals surface area contributed by atoms with Gasteiger partial charge in [0.25, 0.3) is 0 Å². The topological polar surface area (TPSA) is 77.3 Å². The second-order valence-corrected chi connectivity index (χ2v) is 4.94. The van der Waals surface area contributed by atoms with Crippen molar-refractivity contribution in [3.8, 4) is 5.75 Å². The Bertz CT molecular complexity index is 491. The quantitative estimate of drug-likeness (QED) is 0.468. The first-order chi connectivity index (χ1) is 9.63. The van der Waals surface area contributed by atoms with Crippen LogP contribution in [0.4, 0.5) is 9.59 Å². The molecule has 0 aliphatic rings. The molecule has 0 saturated carbocycles. The molecule has 0 saturated heterocycles. The van der Waals surface area contributed by atoms with Gasteiger partial charge in [-0.3, -0.25) is 0 Å². The highest BCUT2D eigenvalue weighted by molar-refractivity contribution is 6.30. The highest BCUT2D eigenvalue weighted by atomic mass is 28.2. The number of para-hydroxylation sites is 1. The maximum absolute atomic E-state index is 11.4. The zero-order valence-electron chi connectivity index (χ0n) is 11.5. The van der Waals surface area contributed by atoms with Crippen LogP contribution >= 0.6 is 0 Å². The van der Waals surface area contributed by atoms with Crippen LogP contribution in [-0.2, 0) is 4.43 Å². The van der Waals surface area contributed by atoms with E-state index in [-0.39, 0.29) is 9.76 Å². The first-order valence-corrected chi connectivity index (χ1v) is 7.38. The summed E-state index contributed by atoms with van der Waals surface area (Å²) < 4.78 is 9.72. The standard InChI is InChI=1S/C13H16N2O4Si/c1-3-4-9-20-19-13(17)15-14-12(16)18-11-8-6-5-7-10(11)2/h5-8H,3-4,9H2,1-2H3. The fourth-order valence-corrected chi connectivity index (χ4v) is 2.01. The molecule has 2 radical (unpaired) electrons. The predicted molar refractivity (Wildman–Crippen MR) is 74.0 cm³/mol.